The highest BCUT2D eigenvalue weighted by molar-refractivity contribution is 5.88. The number of ether oxygens (including phenoxy) is 1. The third-order valence-electron chi connectivity index (χ3n) is 2.93. The van der Waals surface area contributed by atoms with Gasteiger partial charge in [0.2, 0.25) is 0 Å². The van der Waals surface area contributed by atoms with E-state index in [-0.39, 0.29) is 11.7 Å². The molecule has 3 N–H and O–H groups in total. The molecule has 1 aliphatic heterocycles. The molecule has 0 aromatic carbocycles. The van der Waals surface area contributed by atoms with Crippen molar-refractivity contribution in [3.8, 4) is 0 Å². The Morgan fingerprint density at radius 2 is 2.19 bits per heavy atom. The smallest absolute Gasteiger partial charge is 0.356 e. The molecule has 88 valence electrons. The molecule has 6 nitrogen and oxygen atoms in total. The SMILES string of the molecule is Cc1c(C(=O)O)nn(C2CCOCC2)c1N. The van der Waals surface area contributed by atoms with Gasteiger partial charge in [0.25, 0.3) is 0 Å². The third kappa shape index (κ3) is 1.76. The van der Waals surface area contributed by atoms with Gasteiger partial charge in [0.15, 0.2) is 5.69 Å². The van der Waals surface area contributed by atoms with Crippen LogP contribution < -0.4 is 5.73 Å². The second kappa shape index (κ2) is 4.13. The summed E-state index contributed by atoms with van der Waals surface area (Å²) in [6.45, 7) is 3.03. The summed E-state index contributed by atoms with van der Waals surface area (Å²) in [5, 5.41) is 13.0. The Hall–Kier alpha value is -1.56. The molecule has 1 aromatic rings. The average molecular weight is 225 g/mol. The van der Waals surface area contributed by atoms with Gasteiger partial charge in [0.05, 0.1) is 6.04 Å². The van der Waals surface area contributed by atoms with Crippen molar-refractivity contribution < 1.29 is 14.6 Å². The van der Waals surface area contributed by atoms with E-state index in [2.05, 4.69) is 5.10 Å². The Bertz CT molecular complexity index is 408. The maximum absolute atomic E-state index is 10.9. The molecule has 16 heavy (non-hydrogen) atoms. The number of carboxylic acids is 1. The van der Waals surface area contributed by atoms with E-state index in [4.69, 9.17) is 15.6 Å². The van der Waals surface area contributed by atoms with Gasteiger partial charge in [-0.2, -0.15) is 5.10 Å². The minimum absolute atomic E-state index is 0.0454. The number of carbonyl (C=O) groups is 1. The fraction of sp³-hybridized carbons (Fsp3) is 0.600. The average Bonchev–Trinajstić information content (AvgIpc) is 2.58. The fourth-order valence-corrected chi connectivity index (χ4v) is 1.94. The summed E-state index contributed by atoms with van der Waals surface area (Å²) < 4.78 is 6.87. The minimum Gasteiger partial charge on any atom is -0.476 e. The van der Waals surface area contributed by atoms with Crippen molar-refractivity contribution >= 4 is 11.8 Å². The zero-order chi connectivity index (χ0) is 11.7. The fourth-order valence-electron chi connectivity index (χ4n) is 1.94. The summed E-state index contributed by atoms with van der Waals surface area (Å²) in [5.74, 6) is -0.584. The first-order valence-corrected chi connectivity index (χ1v) is 5.27. The van der Waals surface area contributed by atoms with Crippen LogP contribution in [0.3, 0.4) is 0 Å². The highest BCUT2D eigenvalue weighted by Crippen LogP contribution is 2.26. The first kappa shape index (κ1) is 10.9. The van der Waals surface area contributed by atoms with Crippen molar-refractivity contribution in [3.63, 3.8) is 0 Å². The number of hydrogen-bond donors (Lipinski definition) is 2. The summed E-state index contributed by atoms with van der Waals surface area (Å²) in [7, 11) is 0. The van der Waals surface area contributed by atoms with Gasteiger partial charge >= 0.3 is 5.97 Å². The molecule has 0 radical (unpaired) electrons. The molecule has 1 aromatic heterocycles. The molecule has 0 spiro atoms. The van der Waals surface area contributed by atoms with Crippen molar-refractivity contribution in [2.45, 2.75) is 25.8 Å². The van der Waals surface area contributed by atoms with Gasteiger partial charge in [-0.15, -0.1) is 0 Å². The summed E-state index contributed by atoms with van der Waals surface area (Å²) >= 11 is 0. The lowest BCUT2D eigenvalue weighted by Gasteiger charge is -2.23. The maximum atomic E-state index is 10.9. The number of carboxylic acid groups (broad SMARTS) is 1. The number of aromatic nitrogens is 2. The molecular formula is C10H15N3O3. The Labute approximate surface area is 93.0 Å². The van der Waals surface area contributed by atoms with E-state index in [1.54, 1.807) is 11.6 Å². The van der Waals surface area contributed by atoms with Crippen LogP contribution in [0.2, 0.25) is 0 Å². The van der Waals surface area contributed by atoms with Crippen molar-refractivity contribution in [1.82, 2.24) is 9.78 Å². The number of hydrogen-bond acceptors (Lipinski definition) is 4. The van der Waals surface area contributed by atoms with Crippen molar-refractivity contribution in [2.24, 2.45) is 0 Å². The van der Waals surface area contributed by atoms with Crippen LogP contribution in [0.15, 0.2) is 0 Å². The second-order valence-corrected chi connectivity index (χ2v) is 3.95. The number of rotatable bonds is 2. The molecule has 0 saturated carbocycles. The molecule has 0 amide bonds. The van der Waals surface area contributed by atoms with Crippen LogP contribution in [0.1, 0.15) is 34.9 Å². The minimum atomic E-state index is -1.03. The quantitative estimate of drug-likeness (QED) is 0.777. The first-order valence-electron chi connectivity index (χ1n) is 5.27. The number of nitrogen functional groups attached to an aromatic ring is 1. The van der Waals surface area contributed by atoms with Crippen LogP contribution >= 0.6 is 0 Å². The van der Waals surface area contributed by atoms with E-state index < -0.39 is 5.97 Å². The Morgan fingerprint density at radius 1 is 1.56 bits per heavy atom. The molecule has 0 aliphatic carbocycles. The van der Waals surface area contributed by atoms with E-state index in [9.17, 15) is 4.79 Å². The van der Waals surface area contributed by atoms with Gasteiger partial charge in [-0.25, -0.2) is 9.48 Å². The lowest BCUT2D eigenvalue weighted by molar-refractivity contribution is 0.0649. The lowest BCUT2D eigenvalue weighted by Crippen LogP contribution is -2.22. The van der Waals surface area contributed by atoms with Crippen LogP contribution in [-0.4, -0.2) is 34.1 Å². The molecule has 1 saturated heterocycles. The lowest BCUT2D eigenvalue weighted by atomic mass is 10.1. The summed E-state index contributed by atoms with van der Waals surface area (Å²) in [5.41, 5.74) is 6.45. The summed E-state index contributed by atoms with van der Waals surface area (Å²) in [4.78, 5) is 10.9. The largest absolute Gasteiger partial charge is 0.476 e. The van der Waals surface area contributed by atoms with Gasteiger partial charge in [-0.05, 0) is 19.8 Å². The topological polar surface area (TPSA) is 90.4 Å². The normalized spacial score (nSPS) is 17.6. The molecule has 1 aliphatic rings. The molecule has 0 unspecified atom stereocenters. The molecule has 2 rings (SSSR count). The maximum Gasteiger partial charge on any atom is 0.356 e. The van der Waals surface area contributed by atoms with E-state index in [1.165, 1.54) is 0 Å². The second-order valence-electron chi connectivity index (χ2n) is 3.95. The Morgan fingerprint density at radius 3 is 2.69 bits per heavy atom. The van der Waals surface area contributed by atoms with Gasteiger partial charge in [0.1, 0.15) is 5.82 Å². The summed E-state index contributed by atoms with van der Waals surface area (Å²) in [6.07, 6.45) is 1.65. The molecule has 1 fully saturated rings. The third-order valence-corrected chi connectivity index (χ3v) is 2.93. The molecule has 0 atom stereocenters. The van der Waals surface area contributed by atoms with E-state index in [0.717, 1.165) is 12.8 Å². The Balaban J connectivity index is 2.33. The zero-order valence-electron chi connectivity index (χ0n) is 9.14. The van der Waals surface area contributed by atoms with Crippen LogP contribution in [0.4, 0.5) is 5.82 Å². The van der Waals surface area contributed by atoms with Crippen LogP contribution in [0.5, 0.6) is 0 Å². The monoisotopic (exact) mass is 225 g/mol. The zero-order valence-corrected chi connectivity index (χ0v) is 9.14. The van der Waals surface area contributed by atoms with Crippen molar-refractivity contribution in [2.75, 3.05) is 18.9 Å². The van der Waals surface area contributed by atoms with Crippen molar-refractivity contribution in [3.05, 3.63) is 11.3 Å². The standard InChI is InChI=1S/C10H15N3O3/c1-6-8(10(14)15)12-13(9(6)11)7-2-4-16-5-3-7/h7H,2-5,11H2,1H3,(H,14,15). The number of anilines is 1. The van der Waals surface area contributed by atoms with Gasteiger partial charge in [-0.3, -0.25) is 0 Å². The first-order chi connectivity index (χ1) is 7.61. The predicted molar refractivity (Wildman–Crippen MR) is 57.4 cm³/mol. The highest BCUT2D eigenvalue weighted by atomic mass is 16.5. The number of nitrogens with zero attached hydrogens (tertiary/aromatic N) is 2. The van der Waals surface area contributed by atoms with Gasteiger partial charge in [0, 0.05) is 18.8 Å². The number of nitrogens with two attached hydrogens (primary N) is 1. The van der Waals surface area contributed by atoms with Crippen LogP contribution in [0, 0.1) is 6.92 Å². The molecule has 6 heteroatoms. The Kier molecular flexibility index (Phi) is 2.82. The summed E-state index contributed by atoms with van der Waals surface area (Å²) in [6, 6.07) is 0.153. The highest BCUT2D eigenvalue weighted by Gasteiger charge is 2.23. The van der Waals surface area contributed by atoms with E-state index >= 15 is 0 Å². The molecule has 2 heterocycles. The van der Waals surface area contributed by atoms with E-state index in [1.807, 2.05) is 0 Å². The van der Waals surface area contributed by atoms with Gasteiger partial charge < -0.3 is 15.6 Å². The van der Waals surface area contributed by atoms with Gasteiger partial charge in [-0.1, -0.05) is 0 Å². The van der Waals surface area contributed by atoms with E-state index in [0.29, 0.717) is 24.6 Å². The van der Waals surface area contributed by atoms with Crippen LogP contribution in [-0.2, 0) is 4.74 Å². The van der Waals surface area contributed by atoms with Crippen LogP contribution in [0.25, 0.3) is 0 Å². The molecule has 0 bridgehead atoms. The van der Waals surface area contributed by atoms with Crippen molar-refractivity contribution in [1.29, 1.82) is 0 Å². The predicted octanol–water partition coefficient (Wildman–Crippen LogP) is 0.823. The number of aromatic carboxylic acids is 1. The molecular weight excluding hydrogens is 210 g/mol.